The standard InChI is InChI=1S/C15H21N5S/c1-9-11(16)5-3-7-20(9)15-17-14(18-19-15)13-8-10-4-2-6-12(10)21-13/h8-9,11H,2-7,16H2,1H3,(H,17,18,19). The van der Waals surface area contributed by atoms with Gasteiger partial charge in [0.05, 0.1) is 4.88 Å². The van der Waals surface area contributed by atoms with Gasteiger partial charge in [-0.2, -0.15) is 4.98 Å². The molecule has 2 unspecified atom stereocenters. The van der Waals surface area contributed by atoms with Crippen LogP contribution in [0.4, 0.5) is 5.95 Å². The van der Waals surface area contributed by atoms with Gasteiger partial charge in [0, 0.05) is 23.5 Å². The Morgan fingerprint density at radius 2 is 2.29 bits per heavy atom. The molecule has 0 spiro atoms. The number of fused-ring (bicyclic) bond motifs is 1. The summed E-state index contributed by atoms with van der Waals surface area (Å²) in [5, 5.41) is 7.54. The maximum atomic E-state index is 6.17. The Bertz CT molecular complexity index is 625. The highest BCUT2D eigenvalue weighted by Gasteiger charge is 2.28. The van der Waals surface area contributed by atoms with E-state index in [-0.39, 0.29) is 6.04 Å². The first-order valence-corrected chi connectivity index (χ1v) is 8.60. The first-order chi connectivity index (χ1) is 10.2. The Hall–Kier alpha value is -1.40. The number of nitrogens with two attached hydrogens (primary N) is 1. The van der Waals surface area contributed by atoms with Gasteiger partial charge in [-0.1, -0.05) is 0 Å². The van der Waals surface area contributed by atoms with E-state index in [0.717, 1.165) is 31.2 Å². The molecule has 1 aliphatic heterocycles. The molecule has 2 aromatic rings. The van der Waals surface area contributed by atoms with Crippen LogP contribution in [0.1, 0.15) is 36.6 Å². The van der Waals surface area contributed by atoms with Crippen LogP contribution in [-0.2, 0) is 12.8 Å². The monoisotopic (exact) mass is 303 g/mol. The number of thiophene rings is 1. The smallest absolute Gasteiger partial charge is 0.245 e. The van der Waals surface area contributed by atoms with E-state index in [1.54, 1.807) is 0 Å². The SMILES string of the molecule is CC1C(N)CCCN1c1n[nH]c(-c2cc3c(s2)CCC3)n1. The summed E-state index contributed by atoms with van der Waals surface area (Å²) in [5.74, 6) is 1.69. The van der Waals surface area contributed by atoms with E-state index in [1.807, 2.05) is 11.3 Å². The summed E-state index contributed by atoms with van der Waals surface area (Å²) in [5.41, 5.74) is 7.67. The number of nitrogens with one attached hydrogen (secondary N) is 1. The third-order valence-electron chi connectivity index (χ3n) is 4.76. The zero-order chi connectivity index (χ0) is 14.4. The molecule has 3 heterocycles. The first-order valence-electron chi connectivity index (χ1n) is 7.79. The lowest BCUT2D eigenvalue weighted by atomic mass is 9.99. The Morgan fingerprint density at radius 1 is 1.38 bits per heavy atom. The molecule has 2 aromatic heterocycles. The van der Waals surface area contributed by atoms with Gasteiger partial charge in [0.25, 0.3) is 0 Å². The Balaban J connectivity index is 1.60. The van der Waals surface area contributed by atoms with Crippen molar-refractivity contribution in [2.75, 3.05) is 11.4 Å². The second kappa shape index (κ2) is 5.10. The van der Waals surface area contributed by atoms with Gasteiger partial charge in [-0.05, 0) is 50.7 Å². The summed E-state index contributed by atoms with van der Waals surface area (Å²) in [6, 6.07) is 2.80. The van der Waals surface area contributed by atoms with Gasteiger partial charge >= 0.3 is 0 Å². The van der Waals surface area contributed by atoms with E-state index in [4.69, 9.17) is 10.7 Å². The summed E-state index contributed by atoms with van der Waals surface area (Å²) < 4.78 is 0. The summed E-state index contributed by atoms with van der Waals surface area (Å²) in [4.78, 5) is 9.69. The van der Waals surface area contributed by atoms with E-state index in [9.17, 15) is 0 Å². The molecule has 21 heavy (non-hydrogen) atoms. The lowest BCUT2D eigenvalue weighted by Crippen LogP contribution is -2.50. The van der Waals surface area contributed by atoms with E-state index in [0.29, 0.717) is 6.04 Å². The molecule has 5 nitrogen and oxygen atoms in total. The van der Waals surface area contributed by atoms with Crippen LogP contribution in [0.15, 0.2) is 6.07 Å². The minimum absolute atomic E-state index is 0.214. The summed E-state index contributed by atoms with van der Waals surface area (Å²) >= 11 is 1.86. The molecule has 0 bridgehead atoms. The van der Waals surface area contributed by atoms with Crippen LogP contribution in [0, 0.1) is 0 Å². The molecular weight excluding hydrogens is 282 g/mol. The minimum atomic E-state index is 0.214. The van der Waals surface area contributed by atoms with Crippen LogP contribution in [0.25, 0.3) is 10.7 Å². The summed E-state index contributed by atoms with van der Waals surface area (Å²) in [7, 11) is 0. The van der Waals surface area contributed by atoms with Gasteiger partial charge in [0.1, 0.15) is 0 Å². The predicted octanol–water partition coefficient (Wildman–Crippen LogP) is 2.34. The topological polar surface area (TPSA) is 70.8 Å². The zero-order valence-electron chi connectivity index (χ0n) is 12.3. The number of nitrogens with zero attached hydrogens (tertiary/aromatic N) is 3. The fraction of sp³-hybridized carbons (Fsp3) is 0.600. The third kappa shape index (κ3) is 2.26. The molecular formula is C15H21N5S. The number of piperidine rings is 1. The predicted molar refractivity (Wildman–Crippen MR) is 85.7 cm³/mol. The fourth-order valence-electron chi connectivity index (χ4n) is 3.39. The van der Waals surface area contributed by atoms with E-state index in [1.165, 1.54) is 34.6 Å². The van der Waals surface area contributed by atoms with Crippen LogP contribution in [-0.4, -0.2) is 33.8 Å². The van der Waals surface area contributed by atoms with Gasteiger partial charge in [0.2, 0.25) is 5.95 Å². The van der Waals surface area contributed by atoms with Crippen molar-refractivity contribution in [1.82, 2.24) is 15.2 Å². The van der Waals surface area contributed by atoms with Crippen LogP contribution in [0.5, 0.6) is 0 Å². The average Bonchev–Trinajstić information content (AvgIpc) is 3.14. The number of rotatable bonds is 2. The lowest BCUT2D eigenvalue weighted by molar-refractivity contribution is 0.416. The van der Waals surface area contributed by atoms with Gasteiger partial charge in [-0.15, -0.1) is 16.4 Å². The highest BCUT2D eigenvalue weighted by molar-refractivity contribution is 7.15. The number of hydrogen-bond donors (Lipinski definition) is 2. The van der Waals surface area contributed by atoms with Gasteiger partial charge < -0.3 is 10.6 Å². The Morgan fingerprint density at radius 3 is 3.14 bits per heavy atom. The van der Waals surface area contributed by atoms with Crippen molar-refractivity contribution in [2.45, 2.75) is 51.1 Å². The molecule has 0 radical (unpaired) electrons. The Kier molecular flexibility index (Phi) is 3.23. The fourth-order valence-corrected chi connectivity index (χ4v) is 4.59. The molecule has 0 aromatic carbocycles. The number of aromatic nitrogens is 3. The molecule has 112 valence electrons. The lowest BCUT2D eigenvalue weighted by Gasteiger charge is -2.36. The largest absolute Gasteiger partial charge is 0.335 e. The molecule has 1 fully saturated rings. The van der Waals surface area contributed by atoms with Crippen molar-refractivity contribution < 1.29 is 0 Å². The zero-order valence-corrected chi connectivity index (χ0v) is 13.1. The maximum Gasteiger partial charge on any atom is 0.245 e. The third-order valence-corrected chi connectivity index (χ3v) is 6.00. The molecule has 2 aliphatic rings. The number of hydrogen-bond acceptors (Lipinski definition) is 5. The van der Waals surface area contributed by atoms with Gasteiger partial charge in [0.15, 0.2) is 5.82 Å². The maximum absolute atomic E-state index is 6.17. The second-order valence-corrected chi connectivity index (χ2v) is 7.27. The van der Waals surface area contributed by atoms with Crippen LogP contribution >= 0.6 is 11.3 Å². The molecule has 0 saturated carbocycles. The van der Waals surface area contributed by atoms with E-state index >= 15 is 0 Å². The quantitative estimate of drug-likeness (QED) is 0.893. The molecule has 2 atom stereocenters. The van der Waals surface area contributed by atoms with Crippen molar-refractivity contribution in [3.05, 3.63) is 16.5 Å². The molecule has 1 aliphatic carbocycles. The van der Waals surface area contributed by atoms with E-state index in [2.05, 4.69) is 28.1 Å². The molecule has 0 amide bonds. The highest BCUT2D eigenvalue weighted by atomic mass is 32.1. The van der Waals surface area contributed by atoms with Crippen molar-refractivity contribution in [2.24, 2.45) is 5.73 Å². The normalized spacial score (nSPS) is 25.3. The van der Waals surface area contributed by atoms with Crippen LogP contribution in [0.2, 0.25) is 0 Å². The van der Waals surface area contributed by atoms with Crippen LogP contribution < -0.4 is 10.6 Å². The van der Waals surface area contributed by atoms with Gasteiger partial charge in [-0.25, -0.2) is 0 Å². The molecule has 3 N–H and O–H groups in total. The van der Waals surface area contributed by atoms with E-state index < -0.39 is 0 Å². The van der Waals surface area contributed by atoms with Crippen molar-refractivity contribution in [3.8, 4) is 10.7 Å². The number of aromatic amines is 1. The highest BCUT2D eigenvalue weighted by Crippen LogP contribution is 2.35. The second-order valence-electron chi connectivity index (χ2n) is 6.14. The minimum Gasteiger partial charge on any atom is -0.335 e. The number of H-pyrrole nitrogens is 1. The number of anilines is 1. The van der Waals surface area contributed by atoms with Crippen molar-refractivity contribution >= 4 is 17.3 Å². The van der Waals surface area contributed by atoms with Crippen LogP contribution in [0.3, 0.4) is 0 Å². The molecule has 4 rings (SSSR count). The first kappa shape index (κ1) is 13.3. The summed E-state index contributed by atoms with van der Waals surface area (Å²) in [6.07, 6.45) is 5.94. The van der Waals surface area contributed by atoms with Crippen molar-refractivity contribution in [3.63, 3.8) is 0 Å². The van der Waals surface area contributed by atoms with Gasteiger partial charge in [-0.3, -0.25) is 5.10 Å². The molecule has 1 saturated heterocycles. The Labute approximate surface area is 128 Å². The molecule has 6 heteroatoms. The average molecular weight is 303 g/mol. The van der Waals surface area contributed by atoms with Crippen molar-refractivity contribution in [1.29, 1.82) is 0 Å². The summed E-state index contributed by atoms with van der Waals surface area (Å²) in [6.45, 7) is 3.16. The number of aryl methyl sites for hydroxylation is 2.